The average Bonchev–Trinajstić information content (AvgIpc) is 2.42. The fraction of sp³-hybridized carbons (Fsp3) is 0.600. The van der Waals surface area contributed by atoms with Crippen molar-refractivity contribution in [3.63, 3.8) is 0 Å². The van der Waals surface area contributed by atoms with Gasteiger partial charge in [0.05, 0.1) is 19.8 Å². The van der Waals surface area contributed by atoms with Crippen molar-refractivity contribution in [1.82, 2.24) is 5.32 Å². The highest BCUT2D eigenvalue weighted by Gasteiger charge is 2.05. The van der Waals surface area contributed by atoms with Gasteiger partial charge in [0.15, 0.2) is 11.6 Å². The number of benzene rings is 1. The summed E-state index contributed by atoms with van der Waals surface area (Å²) in [6.07, 6.45) is 0. The zero-order chi connectivity index (χ0) is 14.8. The van der Waals surface area contributed by atoms with E-state index in [0.717, 1.165) is 5.56 Å². The van der Waals surface area contributed by atoms with Crippen LogP contribution >= 0.6 is 0 Å². The molecule has 0 saturated heterocycles. The van der Waals surface area contributed by atoms with Crippen LogP contribution in [0.1, 0.15) is 19.4 Å². The lowest BCUT2D eigenvalue weighted by atomic mass is 10.2. The molecule has 0 aliphatic rings. The zero-order valence-electron chi connectivity index (χ0n) is 12.4. The maximum absolute atomic E-state index is 13.8. The van der Waals surface area contributed by atoms with Crippen LogP contribution in [0.25, 0.3) is 0 Å². The van der Waals surface area contributed by atoms with Crippen LogP contribution in [0.15, 0.2) is 18.2 Å². The number of ether oxygens (including phenoxy) is 3. The quantitative estimate of drug-likeness (QED) is 0.670. The first-order valence-electron chi connectivity index (χ1n) is 6.84. The Morgan fingerprint density at radius 1 is 1.15 bits per heavy atom. The number of nitrogens with one attached hydrogen (secondary N) is 1. The van der Waals surface area contributed by atoms with Crippen LogP contribution in [0.5, 0.6) is 5.75 Å². The largest absolute Gasteiger partial charge is 0.488 e. The van der Waals surface area contributed by atoms with E-state index in [1.807, 2.05) is 6.07 Å². The van der Waals surface area contributed by atoms with Crippen molar-refractivity contribution in [3.8, 4) is 5.75 Å². The van der Waals surface area contributed by atoms with Crippen molar-refractivity contribution >= 4 is 0 Å². The minimum atomic E-state index is -0.343. The lowest BCUT2D eigenvalue weighted by Crippen LogP contribution is -2.21. The standard InChI is InChI=1S/C15H24FNO3/c1-12(2)17-11-13-4-5-15(14(16)10-13)20-9-8-19-7-6-18-3/h4-5,10,12,17H,6-9,11H2,1-3H3. The second-order valence-electron chi connectivity index (χ2n) is 4.75. The van der Waals surface area contributed by atoms with E-state index in [0.29, 0.717) is 39.0 Å². The van der Waals surface area contributed by atoms with Crippen molar-refractivity contribution in [3.05, 3.63) is 29.6 Å². The van der Waals surface area contributed by atoms with Crippen LogP contribution in [-0.4, -0.2) is 39.6 Å². The summed E-state index contributed by atoms with van der Waals surface area (Å²) in [5, 5.41) is 3.24. The van der Waals surface area contributed by atoms with Gasteiger partial charge < -0.3 is 19.5 Å². The van der Waals surface area contributed by atoms with E-state index in [1.54, 1.807) is 13.2 Å². The Morgan fingerprint density at radius 3 is 2.55 bits per heavy atom. The first kappa shape index (κ1) is 16.9. The van der Waals surface area contributed by atoms with Gasteiger partial charge in [0.25, 0.3) is 0 Å². The molecule has 1 rings (SSSR count). The molecule has 0 bridgehead atoms. The molecule has 0 unspecified atom stereocenters. The van der Waals surface area contributed by atoms with Gasteiger partial charge in [-0.1, -0.05) is 19.9 Å². The Labute approximate surface area is 120 Å². The van der Waals surface area contributed by atoms with Crippen LogP contribution in [-0.2, 0) is 16.0 Å². The molecule has 5 heteroatoms. The van der Waals surface area contributed by atoms with Gasteiger partial charge in [-0.15, -0.1) is 0 Å². The average molecular weight is 285 g/mol. The topological polar surface area (TPSA) is 39.7 Å². The van der Waals surface area contributed by atoms with Gasteiger partial charge in [0, 0.05) is 19.7 Å². The smallest absolute Gasteiger partial charge is 0.165 e. The first-order valence-corrected chi connectivity index (χ1v) is 6.84. The monoisotopic (exact) mass is 285 g/mol. The molecule has 0 aliphatic carbocycles. The molecule has 0 amide bonds. The highest BCUT2D eigenvalue weighted by atomic mass is 19.1. The summed E-state index contributed by atoms with van der Waals surface area (Å²) in [4.78, 5) is 0. The Bertz CT molecular complexity index is 385. The van der Waals surface area contributed by atoms with E-state index in [2.05, 4.69) is 19.2 Å². The number of methoxy groups -OCH3 is 1. The maximum Gasteiger partial charge on any atom is 0.165 e. The molecule has 0 aromatic heterocycles. The number of hydrogen-bond acceptors (Lipinski definition) is 4. The van der Waals surface area contributed by atoms with Gasteiger partial charge >= 0.3 is 0 Å². The summed E-state index contributed by atoms with van der Waals surface area (Å²) in [7, 11) is 1.62. The van der Waals surface area contributed by atoms with E-state index in [9.17, 15) is 4.39 Å². The molecule has 1 N–H and O–H groups in total. The molecule has 4 nitrogen and oxygen atoms in total. The predicted molar refractivity (Wildman–Crippen MR) is 76.6 cm³/mol. The number of rotatable bonds is 10. The van der Waals surface area contributed by atoms with Crippen LogP contribution < -0.4 is 10.1 Å². The Hall–Kier alpha value is -1.17. The number of halogens is 1. The third-order valence-corrected chi connectivity index (χ3v) is 2.63. The second-order valence-corrected chi connectivity index (χ2v) is 4.75. The second kappa shape index (κ2) is 9.69. The van der Waals surface area contributed by atoms with E-state index >= 15 is 0 Å². The molecular formula is C15H24FNO3. The fourth-order valence-corrected chi connectivity index (χ4v) is 1.55. The maximum atomic E-state index is 13.8. The molecule has 20 heavy (non-hydrogen) atoms. The minimum absolute atomic E-state index is 0.258. The van der Waals surface area contributed by atoms with Crippen LogP contribution in [0.4, 0.5) is 4.39 Å². The Kier molecular flexibility index (Phi) is 8.18. The predicted octanol–water partition coefficient (Wildman–Crippen LogP) is 2.37. The van der Waals surface area contributed by atoms with Crippen molar-refractivity contribution in [2.45, 2.75) is 26.4 Å². The molecule has 1 aromatic carbocycles. The fourth-order valence-electron chi connectivity index (χ4n) is 1.55. The summed E-state index contributed by atoms with van der Waals surface area (Å²) in [5.74, 6) is -0.0846. The van der Waals surface area contributed by atoms with Gasteiger partial charge in [-0.25, -0.2) is 4.39 Å². The van der Waals surface area contributed by atoms with Gasteiger partial charge in [0.2, 0.25) is 0 Å². The van der Waals surface area contributed by atoms with Crippen LogP contribution in [0, 0.1) is 5.82 Å². The summed E-state index contributed by atoms with van der Waals surface area (Å²) in [5.41, 5.74) is 0.903. The molecule has 0 saturated carbocycles. The van der Waals surface area contributed by atoms with Crippen molar-refractivity contribution in [2.24, 2.45) is 0 Å². The third kappa shape index (κ3) is 6.84. The Morgan fingerprint density at radius 2 is 1.90 bits per heavy atom. The molecule has 1 aromatic rings. The third-order valence-electron chi connectivity index (χ3n) is 2.63. The van der Waals surface area contributed by atoms with E-state index in [1.165, 1.54) is 6.07 Å². The summed E-state index contributed by atoms with van der Waals surface area (Å²) in [6.45, 7) is 6.56. The number of hydrogen-bond donors (Lipinski definition) is 1. The minimum Gasteiger partial charge on any atom is -0.488 e. The van der Waals surface area contributed by atoms with Gasteiger partial charge in [0.1, 0.15) is 6.61 Å². The summed E-state index contributed by atoms with van der Waals surface area (Å²) < 4.78 is 29.2. The SMILES string of the molecule is COCCOCCOc1ccc(CNC(C)C)cc1F. The van der Waals surface area contributed by atoms with Crippen molar-refractivity contribution in [1.29, 1.82) is 0 Å². The molecule has 0 heterocycles. The normalized spacial score (nSPS) is 11.1. The van der Waals surface area contributed by atoms with Crippen LogP contribution in [0.2, 0.25) is 0 Å². The van der Waals surface area contributed by atoms with Crippen molar-refractivity contribution in [2.75, 3.05) is 33.5 Å². The molecule has 0 radical (unpaired) electrons. The molecule has 0 fully saturated rings. The lowest BCUT2D eigenvalue weighted by molar-refractivity contribution is 0.0538. The molecule has 0 spiro atoms. The van der Waals surface area contributed by atoms with Gasteiger partial charge in [-0.2, -0.15) is 0 Å². The van der Waals surface area contributed by atoms with E-state index in [-0.39, 0.29) is 11.6 Å². The first-order chi connectivity index (χ1) is 9.63. The zero-order valence-corrected chi connectivity index (χ0v) is 12.4. The summed E-state index contributed by atoms with van der Waals surface area (Å²) in [6, 6.07) is 5.39. The Balaban J connectivity index is 2.32. The van der Waals surface area contributed by atoms with E-state index in [4.69, 9.17) is 14.2 Å². The van der Waals surface area contributed by atoms with Crippen LogP contribution in [0.3, 0.4) is 0 Å². The van der Waals surface area contributed by atoms with Gasteiger partial charge in [-0.05, 0) is 17.7 Å². The van der Waals surface area contributed by atoms with Gasteiger partial charge in [-0.3, -0.25) is 0 Å². The highest BCUT2D eigenvalue weighted by Crippen LogP contribution is 2.18. The molecule has 0 aliphatic heterocycles. The van der Waals surface area contributed by atoms with E-state index < -0.39 is 0 Å². The lowest BCUT2D eigenvalue weighted by Gasteiger charge is -2.11. The molecule has 114 valence electrons. The highest BCUT2D eigenvalue weighted by molar-refractivity contribution is 5.29. The summed E-state index contributed by atoms with van der Waals surface area (Å²) >= 11 is 0. The van der Waals surface area contributed by atoms with Crippen molar-refractivity contribution < 1.29 is 18.6 Å². The molecular weight excluding hydrogens is 261 g/mol. The molecule has 0 atom stereocenters.